The van der Waals surface area contributed by atoms with Gasteiger partial charge in [0, 0.05) is 6.42 Å². The van der Waals surface area contributed by atoms with E-state index in [2.05, 4.69) is 6.58 Å². The molecule has 0 aliphatic heterocycles. The van der Waals surface area contributed by atoms with Crippen LogP contribution in [0.5, 0.6) is 5.75 Å². The van der Waals surface area contributed by atoms with Crippen molar-refractivity contribution in [2.24, 2.45) is 0 Å². The second-order valence-corrected chi connectivity index (χ2v) is 3.26. The van der Waals surface area contributed by atoms with Gasteiger partial charge in [-0.05, 0) is 24.6 Å². The van der Waals surface area contributed by atoms with Crippen LogP contribution in [0.4, 0.5) is 0 Å². The summed E-state index contributed by atoms with van der Waals surface area (Å²) in [5.74, 6) is 0.848. The monoisotopic (exact) mass is 192 g/mol. The van der Waals surface area contributed by atoms with E-state index in [0.29, 0.717) is 13.0 Å². The van der Waals surface area contributed by atoms with Crippen molar-refractivity contribution >= 4 is 0 Å². The van der Waals surface area contributed by atoms with Gasteiger partial charge in [0.2, 0.25) is 0 Å². The fourth-order valence-electron chi connectivity index (χ4n) is 1.12. The average molecular weight is 192 g/mol. The van der Waals surface area contributed by atoms with Gasteiger partial charge >= 0.3 is 0 Å². The summed E-state index contributed by atoms with van der Waals surface area (Å²) in [6, 6.07) is 7.85. The van der Waals surface area contributed by atoms with Crippen LogP contribution in [-0.2, 0) is 0 Å². The van der Waals surface area contributed by atoms with Gasteiger partial charge in [0.15, 0.2) is 0 Å². The number of aryl methyl sites for hydroxylation is 1. The Morgan fingerprint density at radius 2 is 2.36 bits per heavy atom. The van der Waals surface area contributed by atoms with Crippen LogP contribution in [-0.4, -0.2) is 17.8 Å². The number of hydrogen-bond acceptors (Lipinski definition) is 2. The second-order valence-electron chi connectivity index (χ2n) is 3.26. The first-order valence-electron chi connectivity index (χ1n) is 4.72. The van der Waals surface area contributed by atoms with E-state index in [-0.39, 0.29) is 0 Å². The van der Waals surface area contributed by atoms with Gasteiger partial charge in [-0.1, -0.05) is 18.2 Å². The molecule has 2 nitrogen and oxygen atoms in total. The zero-order chi connectivity index (χ0) is 10.4. The van der Waals surface area contributed by atoms with Crippen LogP contribution < -0.4 is 4.74 Å². The Labute approximate surface area is 84.8 Å². The molecular weight excluding hydrogens is 176 g/mol. The molecule has 0 heterocycles. The summed E-state index contributed by atoms with van der Waals surface area (Å²) in [6.07, 6.45) is 1.62. The molecule has 0 amide bonds. The van der Waals surface area contributed by atoms with Crippen LogP contribution in [0, 0.1) is 6.92 Å². The highest BCUT2D eigenvalue weighted by Gasteiger charge is 1.98. The van der Waals surface area contributed by atoms with Gasteiger partial charge < -0.3 is 9.84 Å². The standard InChI is InChI=1S/C12H16O2/c1-3-11(13)7-8-14-12-6-4-5-10(2)9-12/h3-6,9,11,13H,1,7-8H2,2H3. The van der Waals surface area contributed by atoms with Gasteiger partial charge in [0.1, 0.15) is 5.75 Å². The summed E-state index contributed by atoms with van der Waals surface area (Å²) in [5.41, 5.74) is 1.17. The molecule has 1 rings (SSSR count). The molecule has 0 aromatic heterocycles. The Morgan fingerprint density at radius 3 is 3.00 bits per heavy atom. The summed E-state index contributed by atoms with van der Waals surface area (Å²) in [6.45, 7) is 6.02. The quantitative estimate of drug-likeness (QED) is 0.725. The van der Waals surface area contributed by atoms with Crippen molar-refractivity contribution in [1.29, 1.82) is 0 Å². The van der Waals surface area contributed by atoms with Gasteiger partial charge in [-0.3, -0.25) is 0 Å². The van der Waals surface area contributed by atoms with Gasteiger partial charge in [0.25, 0.3) is 0 Å². The van der Waals surface area contributed by atoms with E-state index >= 15 is 0 Å². The molecule has 1 aromatic carbocycles. The highest BCUT2D eigenvalue weighted by atomic mass is 16.5. The Balaban J connectivity index is 2.34. The molecule has 1 unspecified atom stereocenters. The second kappa shape index (κ2) is 5.45. The molecule has 2 heteroatoms. The van der Waals surface area contributed by atoms with Crippen molar-refractivity contribution in [3.8, 4) is 5.75 Å². The summed E-state index contributed by atoms with van der Waals surface area (Å²) in [7, 11) is 0. The lowest BCUT2D eigenvalue weighted by Gasteiger charge is -2.08. The van der Waals surface area contributed by atoms with E-state index < -0.39 is 6.10 Å². The van der Waals surface area contributed by atoms with Gasteiger partial charge in [0.05, 0.1) is 12.7 Å². The summed E-state index contributed by atoms with van der Waals surface area (Å²) >= 11 is 0. The molecule has 1 aromatic rings. The number of rotatable bonds is 5. The van der Waals surface area contributed by atoms with Crippen LogP contribution in [0.25, 0.3) is 0 Å². The molecule has 1 atom stereocenters. The van der Waals surface area contributed by atoms with E-state index in [1.807, 2.05) is 31.2 Å². The number of aliphatic hydroxyl groups excluding tert-OH is 1. The normalized spacial score (nSPS) is 12.1. The Hall–Kier alpha value is -1.28. The molecule has 0 saturated heterocycles. The smallest absolute Gasteiger partial charge is 0.119 e. The number of ether oxygens (including phenoxy) is 1. The molecule has 0 saturated carbocycles. The average Bonchev–Trinajstić information content (AvgIpc) is 2.17. The van der Waals surface area contributed by atoms with Crippen molar-refractivity contribution in [3.63, 3.8) is 0 Å². The first kappa shape index (κ1) is 10.8. The maximum Gasteiger partial charge on any atom is 0.119 e. The van der Waals surface area contributed by atoms with E-state index in [4.69, 9.17) is 4.74 Å². The molecule has 0 aliphatic rings. The number of hydrogen-bond donors (Lipinski definition) is 1. The first-order chi connectivity index (χ1) is 6.72. The molecule has 76 valence electrons. The highest BCUT2D eigenvalue weighted by molar-refractivity contribution is 5.27. The Kier molecular flexibility index (Phi) is 4.20. The Morgan fingerprint density at radius 1 is 1.57 bits per heavy atom. The predicted octanol–water partition coefficient (Wildman–Crippen LogP) is 2.31. The fraction of sp³-hybridized carbons (Fsp3) is 0.333. The molecule has 0 spiro atoms. The first-order valence-corrected chi connectivity index (χ1v) is 4.72. The molecule has 0 fully saturated rings. The van der Waals surface area contributed by atoms with Crippen LogP contribution in [0.2, 0.25) is 0 Å². The Bertz CT molecular complexity index is 294. The third-order valence-electron chi connectivity index (χ3n) is 1.94. The summed E-state index contributed by atoms with van der Waals surface area (Å²) in [5, 5.41) is 9.19. The van der Waals surface area contributed by atoms with Crippen molar-refractivity contribution in [1.82, 2.24) is 0 Å². The zero-order valence-electron chi connectivity index (χ0n) is 8.44. The van der Waals surface area contributed by atoms with Crippen LogP contribution >= 0.6 is 0 Å². The third-order valence-corrected chi connectivity index (χ3v) is 1.94. The molecule has 0 radical (unpaired) electrons. The molecule has 0 bridgehead atoms. The fourth-order valence-corrected chi connectivity index (χ4v) is 1.12. The minimum Gasteiger partial charge on any atom is -0.493 e. The summed E-state index contributed by atoms with van der Waals surface area (Å²) in [4.78, 5) is 0. The molecular formula is C12H16O2. The van der Waals surface area contributed by atoms with E-state index in [1.54, 1.807) is 0 Å². The van der Waals surface area contributed by atoms with Crippen LogP contribution in [0.3, 0.4) is 0 Å². The highest BCUT2D eigenvalue weighted by Crippen LogP contribution is 2.12. The van der Waals surface area contributed by atoms with Gasteiger partial charge in [-0.2, -0.15) is 0 Å². The lowest BCUT2D eigenvalue weighted by Crippen LogP contribution is -2.08. The predicted molar refractivity (Wildman–Crippen MR) is 57.5 cm³/mol. The van der Waals surface area contributed by atoms with E-state index in [1.165, 1.54) is 11.6 Å². The third kappa shape index (κ3) is 3.62. The largest absolute Gasteiger partial charge is 0.493 e. The van der Waals surface area contributed by atoms with E-state index in [0.717, 1.165) is 5.75 Å². The van der Waals surface area contributed by atoms with Gasteiger partial charge in [-0.25, -0.2) is 0 Å². The van der Waals surface area contributed by atoms with Crippen molar-refractivity contribution in [2.45, 2.75) is 19.4 Å². The maximum absolute atomic E-state index is 9.19. The molecule has 0 aliphatic carbocycles. The number of benzene rings is 1. The number of aliphatic hydroxyl groups is 1. The zero-order valence-corrected chi connectivity index (χ0v) is 8.44. The molecule has 14 heavy (non-hydrogen) atoms. The van der Waals surface area contributed by atoms with Crippen LogP contribution in [0.1, 0.15) is 12.0 Å². The molecule has 1 N–H and O–H groups in total. The van der Waals surface area contributed by atoms with Crippen molar-refractivity contribution in [2.75, 3.05) is 6.61 Å². The van der Waals surface area contributed by atoms with Crippen molar-refractivity contribution < 1.29 is 9.84 Å². The summed E-state index contributed by atoms with van der Waals surface area (Å²) < 4.78 is 5.45. The lowest BCUT2D eigenvalue weighted by molar-refractivity contribution is 0.178. The SMILES string of the molecule is C=CC(O)CCOc1cccc(C)c1. The minimum atomic E-state index is -0.472. The van der Waals surface area contributed by atoms with Crippen LogP contribution in [0.15, 0.2) is 36.9 Å². The minimum absolute atomic E-state index is 0.472. The van der Waals surface area contributed by atoms with E-state index in [9.17, 15) is 5.11 Å². The van der Waals surface area contributed by atoms with Crippen molar-refractivity contribution in [3.05, 3.63) is 42.5 Å². The van der Waals surface area contributed by atoms with Gasteiger partial charge in [-0.15, -0.1) is 6.58 Å². The topological polar surface area (TPSA) is 29.5 Å². The maximum atomic E-state index is 9.19. The lowest BCUT2D eigenvalue weighted by atomic mass is 10.2.